The van der Waals surface area contributed by atoms with E-state index in [2.05, 4.69) is 23.2 Å². The molecule has 210 valence electrons. The summed E-state index contributed by atoms with van der Waals surface area (Å²) in [6, 6.07) is 10.0. The molecule has 4 rings (SSSR count). The third kappa shape index (κ3) is 6.82. The number of hydrogen-bond acceptors (Lipinski definition) is 7. The van der Waals surface area contributed by atoms with Gasteiger partial charge in [-0.2, -0.15) is 0 Å². The maximum absolute atomic E-state index is 13.7. The van der Waals surface area contributed by atoms with Gasteiger partial charge in [-0.25, -0.2) is 4.98 Å². The van der Waals surface area contributed by atoms with E-state index in [1.165, 1.54) is 17.3 Å². The number of aromatic nitrogens is 2. The first kappa shape index (κ1) is 28.7. The van der Waals surface area contributed by atoms with Gasteiger partial charge in [0.2, 0.25) is 5.91 Å². The number of benzene rings is 2. The molecule has 0 fully saturated rings. The number of carbonyl (C=O) groups excluding carboxylic acids is 1. The van der Waals surface area contributed by atoms with E-state index >= 15 is 0 Å². The molecule has 0 aliphatic carbocycles. The molecule has 0 spiro atoms. The molecule has 2 heterocycles. The van der Waals surface area contributed by atoms with Crippen molar-refractivity contribution in [3.05, 3.63) is 59.4 Å². The quantitative estimate of drug-likeness (QED) is 0.260. The van der Waals surface area contributed by atoms with Crippen molar-refractivity contribution in [1.29, 1.82) is 0 Å². The van der Waals surface area contributed by atoms with Crippen LogP contribution in [-0.2, 0) is 24.7 Å². The van der Waals surface area contributed by atoms with Crippen LogP contribution in [0, 0.1) is 0 Å². The van der Waals surface area contributed by atoms with E-state index in [0.29, 0.717) is 50.9 Å². The summed E-state index contributed by atoms with van der Waals surface area (Å²) in [5.41, 5.74) is 3.35. The molecule has 3 aromatic rings. The average molecular weight is 554 g/mol. The lowest BCUT2D eigenvalue weighted by atomic mass is 9.88. The van der Waals surface area contributed by atoms with E-state index in [-0.39, 0.29) is 11.9 Å². The molecule has 1 aliphatic rings. The summed E-state index contributed by atoms with van der Waals surface area (Å²) in [6.45, 7) is 10.7. The molecule has 2 aromatic carbocycles. The second-order valence-electron chi connectivity index (χ2n) is 9.18. The topological polar surface area (TPSA) is 75.0 Å². The highest BCUT2D eigenvalue weighted by molar-refractivity contribution is 7.99. The first-order valence-electron chi connectivity index (χ1n) is 13.7. The predicted molar refractivity (Wildman–Crippen MR) is 153 cm³/mol. The van der Waals surface area contributed by atoms with Crippen molar-refractivity contribution < 1.29 is 23.7 Å². The van der Waals surface area contributed by atoms with Gasteiger partial charge in [-0.3, -0.25) is 4.79 Å². The second kappa shape index (κ2) is 13.6. The number of ether oxygens (including phenoxy) is 4. The highest BCUT2D eigenvalue weighted by Crippen LogP contribution is 2.41. The van der Waals surface area contributed by atoms with Gasteiger partial charge in [-0.05, 0) is 81.5 Å². The molecule has 0 N–H and O–H groups in total. The van der Waals surface area contributed by atoms with Gasteiger partial charge in [-0.1, -0.05) is 17.8 Å². The van der Waals surface area contributed by atoms with Crippen molar-refractivity contribution in [2.75, 3.05) is 38.7 Å². The van der Waals surface area contributed by atoms with Crippen molar-refractivity contribution >= 4 is 17.7 Å². The molecular formula is C30H39N3O5S. The van der Waals surface area contributed by atoms with Gasteiger partial charge in [0, 0.05) is 26.0 Å². The minimum atomic E-state index is -0.162. The molecule has 1 aromatic heterocycles. The summed E-state index contributed by atoms with van der Waals surface area (Å²) in [5, 5.41) is 0.824. The lowest BCUT2D eigenvalue weighted by Gasteiger charge is -2.38. The van der Waals surface area contributed by atoms with Crippen LogP contribution in [0.2, 0.25) is 0 Å². The highest BCUT2D eigenvalue weighted by atomic mass is 32.2. The molecule has 1 aliphatic heterocycles. The van der Waals surface area contributed by atoms with Gasteiger partial charge in [-0.15, -0.1) is 0 Å². The third-order valence-corrected chi connectivity index (χ3v) is 7.66. The number of rotatable bonds is 13. The van der Waals surface area contributed by atoms with Crippen molar-refractivity contribution in [1.82, 2.24) is 14.5 Å². The summed E-state index contributed by atoms with van der Waals surface area (Å²) in [5.74, 6) is 3.31. The van der Waals surface area contributed by atoms with Crippen LogP contribution >= 0.6 is 11.8 Å². The van der Waals surface area contributed by atoms with Crippen LogP contribution in [0.4, 0.5) is 0 Å². The number of amides is 1. The Hall–Kier alpha value is -3.33. The monoisotopic (exact) mass is 553 g/mol. The van der Waals surface area contributed by atoms with Crippen LogP contribution in [0.3, 0.4) is 0 Å². The largest absolute Gasteiger partial charge is 0.490 e. The van der Waals surface area contributed by atoms with Gasteiger partial charge in [0.15, 0.2) is 28.2 Å². The van der Waals surface area contributed by atoms with Crippen molar-refractivity contribution in [2.24, 2.45) is 7.05 Å². The zero-order valence-corrected chi connectivity index (χ0v) is 24.4. The number of aryl methyl sites for hydroxylation is 1. The molecule has 0 radical (unpaired) electrons. The molecule has 0 unspecified atom stereocenters. The smallest absolute Gasteiger partial charge is 0.233 e. The highest BCUT2D eigenvalue weighted by Gasteiger charge is 2.33. The van der Waals surface area contributed by atoms with Gasteiger partial charge >= 0.3 is 0 Å². The van der Waals surface area contributed by atoms with E-state index in [4.69, 9.17) is 18.9 Å². The first-order valence-corrected chi connectivity index (χ1v) is 14.7. The fraction of sp³-hybridized carbons (Fsp3) is 0.467. The maximum atomic E-state index is 13.7. The third-order valence-electron chi connectivity index (χ3n) is 6.62. The van der Waals surface area contributed by atoms with Gasteiger partial charge < -0.3 is 28.4 Å². The summed E-state index contributed by atoms with van der Waals surface area (Å²) >= 11 is 1.46. The molecule has 0 saturated heterocycles. The van der Waals surface area contributed by atoms with Crippen molar-refractivity contribution in [2.45, 2.75) is 51.7 Å². The van der Waals surface area contributed by atoms with Crippen LogP contribution in [-0.4, -0.2) is 59.1 Å². The van der Waals surface area contributed by atoms with Crippen LogP contribution in [0.25, 0.3) is 0 Å². The van der Waals surface area contributed by atoms with E-state index in [9.17, 15) is 4.79 Å². The van der Waals surface area contributed by atoms with E-state index in [1.54, 1.807) is 6.20 Å². The van der Waals surface area contributed by atoms with E-state index < -0.39 is 0 Å². The normalized spacial score (nSPS) is 14.6. The molecule has 1 atom stereocenters. The fourth-order valence-electron chi connectivity index (χ4n) is 4.91. The molecule has 8 nitrogen and oxygen atoms in total. The first-order chi connectivity index (χ1) is 19.0. The summed E-state index contributed by atoms with van der Waals surface area (Å²) < 4.78 is 25.5. The Labute approximate surface area is 235 Å². The lowest BCUT2D eigenvalue weighted by Crippen LogP contribution is -2.42. The maximum Gasteiger partial charge on any atom is 0.233 e. The molecule has 1 amide bonds. The number of thioether (sulfide) groups is 1. The average Bonchev–Trinajstić information content (AvgIpc) is 3.34. The number of fused-ring (bicyclic) bond motifs is 1. The standard InChI is InChI=1S/C30H39N3O5S/c1-6-35-25-11-10-21(17-26(25)36-7-2)16-24-23-19-28(38-9-4)27(37-8-3)18-22(23)12-14-33(24)29(34)20-39-30-31-13-15-32(30)5/h10-11,13,15,17-19,24H,6-9,12,14,16,20H2,1-5H3/t24-/m1/s1. The predicted octanol–water partition coefficient (Wildman–Crippen LogP) is 5.48. The van der Waals surface area contributed by atoms with Crippen molar-refractivity contribution in [3.63, 3.8) is 0 Å². The van der Waals surface area contributed by atoms with Crippen LogP contribution in [0.5, 0.6) is 23.0 Å². The number of imidazole rings is 1. The Morgan fingerprint density at radius 2 is 1.56 bits per heavy atom. The Morgan fingerprint density at radius 3 is 2.21 bits per heavy atom. The van der Waals surface area contributed by atoms with Gasteiger partial charge in [0.05, 0.1) is 38.2 Å². The number of nitrogens with zero attached hydrogens (tertiary/aromatic N) is 3. The minimum absolute atomic E-state index is 0.0847. The Bertz CT molecular complexity index is 1260. The minimum Gasteiger partial charge on any atom is -0.490 e. The Morgan fingerprint density at radius 1 is 0.923 bits per heavy atom. The molecule has 0 saturated carbocycles. The molecule has 9 heteroatoms. The second-order valence-corrected chi connectivity index (χ2v) is 10.1. The Kier molecular flexibility index (Phi) is 10.0. The summed E-state index contributed by atoms with van der Waals surface area (Å²) in [4.78, 5) is 20.0. The van der Waals surface area contributed by atoms with Crippen LogP contribution < -0.4 is 18.9 Å². The summed E-state index contributed by atoms with van der Waals surface area (Å²) in [7, 11) is 1.94. The number of hydrogen-bond donors (Lipinski definition) is 0. The molecular weight excluding hydrogens is 514 g/mol. The van der Waals surface area contributed by atoms with Crippen molar-refractivity contribution in [3.8, 4) is 23.0 Å². The molecule has 39 heavy (non-hydrogen) atoms. The van der Waals surface area contributed by atoms with E-state index in [1.807, 2.05) is 62.5 Å². The zero-order valence-electron chi connectivity index (χ0n) is 23.6. The van der Waals surface area contributed by atoms with Crippen LogP contribution in [0.1, 0.15) is 50.4 Å². The number of carbonyl (C=O) groups is 1. The Balaban J connectivity index is 1.69. The van der Waals surface area contributed by atoms with Gasteiger partial charge in [0.25, 0.3) is 0 Å². The van der Waals surface area contributed by atoms with Gasteiger partial charge in [0.1, 0.15) is 0 Å². The summed E-state index contributed by atoms with van der Waals surface area (Å²) in [6.07, 6.45) is 5.03. The zero-order chi connectivity index (χ0) is 27.8. The van der Waals surface area contributed by atoms with E-state index in [0.717, 1.165) is 40.0 Å². The SMILES string of the molecule is CCOc1ccc(C[C@@H]2c3cc(OCC)c(OCC)cc3CCN2C(=O)CSc2nccn2C)cc1OCC. The fourth-order valence-corrected chi connectivity index (χ4v) is 5.73. The molecule has 0 bridgehead atoms. The lowest BCUT2D eigenvalue weighted by molar-refractivity contribution is -0.131. The van der Waals surface area contributed by atoms with Crippen LogP contribution in [0.15, 0.2) is 47.9 Å².